The first kappa shape index (κ1) is 26.1. The second-order valence-corrected chi connectivity index (χ2v) is 8.63. The Morgan fingerprint density at radius 2 is 1.59 bits per heavy atom. The maximum atomic E-state index is 11.9. The predicted molar refractivity (Wildman–Crippen MR) is 130 cm³/mol. The zero-order valence-corrected chi connectivity index (χ0v) is 20.6. The molecular weight excluding hydrogens is 438 g/mol. The van der Waals surface area contributed by atoms with Crippen molar-refractivity contribution in [2.45, 2.75) is 33.1 Å². The van der Waals surface area contributed by atoms with Gasteiger partial charge in [-0.25, -0.2) is 9.59 Å². The van der Waals surface area contributed by atoms with Gasteiger partial charge in [-0.3, -0.25) is 4.90 Å². The molecule has 0 radical (unpaired) electrons. The molecule has 2 aliphatic rings. The van der Waals surface area contributed by atoms with Crippen LogP contribution in [0.4, 0.5) is 5.69 Å². The summed E-state index contributed by atoms with van der Waals surface area (Å²) in [7, 11) is 0. The van der Waals surface area contributed by atoms with E-state index in [1.165, 1.54) is 19.3 Å². The molecule has 34 heavy (non-hydrogen) atoms. The number of anilines is 1. The van der Waals surface area contributed by atoms with Crippen molar-refractivity contribution in [3.8, 4) is 11.5 Å². The smallest absolute Gasteiger partial charge is 0.344 e. The van der Waals surface area contributed by atoms with Crippen LogP contribution in [0, 0.1) is 5.92 Å². The molecule has 2 heterocycles. The molecule has 0 saturated carbocycles. The summed E-state index contributed by atoms with van der Waals surface area (Å²) >= 11 is 0. The van der Waals surface area contributed by atoms with E-state index >= 15 is 0 Å². The molecule has 2 fully saturated rings. The lowest BCUT2D eigenvalue weighted by molar-refractivity contribution is -0.146. The second kappa shape index (κ2) is 14.0. The lowest BCUT2D eigenvalue weighted by Crippen LogP contribution is -2.47. The highest BCUT2D eigenvalue weighted by Crippen LogP contribution is 2.33. The largest absolute Gasteiger partial charge is 0.482 e. The number of piperidine rings is 1. The molecule has 1 aromatic carbocycles. The SMILES string of the molecule is CCOC(=O)COc1ccc(N2CCN(CCC3CCNCC3)CC2)c(OCC(=O)OCC)c1. The third-order valence-electron chi connectivity index (χ3n) is 6.27. The Balaban J connectivity index is 1.58. The summed E-state index contributed by atoms with van der Waals surface area (Å²) in [6.45, 7) is 10.9. The highest BCUT2D eigenvalue weighted by atomic mass is 16.6. The van der Waals surface area contributed by atoms with E-state index in [0.29, 0.717) is 24.7 Å². The Bertz CT molecular complexity index is 776. The summed E-state index contributed by atoms with van der Waals surface area (Å²) in [6.07, 6.45) is 3.83. The quantitative estimate of drug-likeness (QED) is 0.455. The second-order valence-electron chi connectivity index (χ2n) is 8.63. The molecule has 3 rings (SSSR count). The van der Waals surface area contributed by atoms with Gasteiger partial charge in [-0.2, -0.15) is 0 Å². The summed E-state index contributed by atoms with van der Waals surface area (Å²) in [4.78, 5) is 28.3. The zero-order valence-electron chi connectivity index (χ0n) is 20.6. The molecule has 1 aromatic rings. The van der Waals surface area contributed by atoms with E-state index < -0.39 is 11.9 Å². The van der Waals surface area contributed by atoms with Crippen molar-refractivity contribution in [3.63, 3.8) is 0 Å². The monoisotopic (exact) mass is 477 g/mol. The van der Waals surface area contributed by atoms with Gasteiger partial charge in [0.2, 0.25) is 0 Å². The van der Waals surface area contributed by atoms with Gasteiger partial charge in [0.15, 0.2) is 13.2 Å². The number of carbonyl (C=O) groups excluding carboxylic acids is 2. The Morgan fingerprint density at radius 1 is 0.941 bits per heavy atom. The van der Waals surface area contributed by atoms with Crippen molar-refractivity contribution < 1.29 is 28.5 Å². The number of ether oxygens (including phenoxy) is 4. The van der Waals surface area contributed by atoms with Crippen LogP contribution in [-0.2, 0) is 19.1 Å². The first-order valence-corrected chi connectivity index (χ1v) is 12.5. The highest BCUT2D eigenvalue weighted by molar-refractivity contribution is 5.72. The van der Waals surface area contributed by atoms with Crippen LogP contribution in [0.15, 0.2) is 18.2 Å². The molecular formula is C25H39N3O6. The predicted octanol–water partition coefficient (Wildman–Crippen LogP) is 2.08. The van der Waals surface area contributed by atoms with Gasteiger partial charge >= 0.3 is 11.9 Å². The molecule has 9 heteroatoms. The van der Waals surface area contributed by atoms with Crippen molar-refractivity contribution >= 4 is 17.6 Å². The maximum absolute atomic E-state index is 11.9. The number of piperazine rings is 1. The van der Waals surface area contributed by atoms with Crippen molar-refractivity contribution in [2.75, 3.05) is 77.1 Å². The molecule has 0 bridgehead atoms. The molecule has 0 atom stereocenters. The fourth-order valence-electron chi connectivity index (χ4n) is 4.39. The molecule has 2 saturated heterocycles. The lowest BCUT2D eigenvalue weighted by Gasteiger charge is -2.37. The van der Waals surface area contributed by atoms with Gasteiger partial charge in [0.05, 0.1) is 18.9 Å². The van der Waals surface area contributed by atoms with Crippen LogP contribution in [0.3, 0.4) is 0 Å². The number of esters is 2. The summed E-state index contributed by atoms with van der Waals surface area (Å²) in [5, 5.41) is 3.44. The molecule has 190 valence electrons. The number of hydrogen-bond donors (Lipinski definition) is 1. The molecule has 0 amide bonds. The van der Waals surface area contributed by atoms with E-state index in [9.17, 15) is 9.59 Å². The van der Waals surface area contributed by atoms with E-state index in [1.807, 2.05) is 12.1 Å². The fraction of sp³-hybridized carbons (Fsp3) is 0.680. The van der Waals surface area contributed by atoms with Gasteiger partial charge < -0.3 is 29.2 Å². The molecule has 0 aromatic heterocycles. The number of nitrogens with one attached hydrogen (secondary N) is 1. The first-order valence-electron chi connectivity index (χ1n) is 12.5. The Morgan fingerprint density at radius 3 is 2.24 bits per heavy atom. The molecule has 0 spiro atoms. The van der Waals surface area contributed by atoms with E-state index in [2.05, 4.69) is 15.1 Å². The number of rotatable bonds is 12. The van der Waals surface area contributed by atoms with Gasteiger partial charge in [0.1, 0.15) is 11.5 Å². The highest BCUT2D eigenvalue weighted by Gasteiger charge is 2.22. The lowest BCUT2D eigenvalue weighted by atomic mass is 9.94. The van der Waals surface area contributed by atoms with E-state index in [4.69, 9.17) is 18.9 Å². The van der Waals surface area contributed by atoms with E-state index in [-0.39, 0.29) is 13.2 Å². The third kappa shape index (κ3) is 8.36. The number of hydrogen-bond acceptors (Lipinski definition) is 9. The Kier molecular flexibility index (Phi) is 10.8. The topological polar surface area (TPSA) is 89.6 Å². The minimum atomic E-state index is -0.429. The van der Waals surface area contributed by atoms with Gasteiger partial charge in [-0.05, 0) is 70.8 Å². The van der Waals surface area contributed by atoms with E-state index in [0.717, 1.165) is 57.4 Å². The minimum Gasteiger partial charge on any atom is -0.482 e. The van der Waals surface area contributed by atoms with Crippen LogP contribution in [0.2, 0.25) is 0 Å². The van der Waals surface area contributed by atoms with Crippen LogP contribution in [0.5, 0.6) is 11.5 Å². The minimum absolute atomic E-state index is 0.180. The van der Waals surface area contributed by atoms with Crippen LogP contribution in [0.1, 0.15) is 33.1 Å². The first-order chi connectivity index (χ1) is 16.6. The van der Waals surface area contributed by atoms with Crippen molar-refractivity contribution in [2.24, 2.45) is 5.92 Å². The van der Waals surface area contributed by atoms with Gasteiger partial charge in [-0.15, -0.1) is 0 Å². The van der Waals surface area contributed by atoms with Crippen molar-refractivity contribution in [1.82, 2.24) is 10.2 Å². The van der Waals surface area contributed by atoms with Crippen molar-refractivity contribution in [1.29, 1.82) is 0 Å². The Hall–Kier alpha value is -2.52. The van der Waals surface area contributed by atoms with Gasteiger partial charge in [0, 0.05) is 32.2 Å². The summed E-state index contributed by atoms with van der Waals surface area (Å²) < 4.78 is 21.3. The van der Waals surface area contributed by atoms with E-state index in [1.54, 1.807) is 19.9 Å². The van der Waals surface area contributed by atoms with Gasteiger partial charge in [0.25, 0.3) is 0 Å². The number of carbonyl (C=O) groups is 2. The fourth-order valence-corrected chi connectivity index (χ4v) is 4.39. The maximum Gasteiger partial charge on any atom is 0.344 e. The molecule has 2 aliphatic heterocycles. The van der Waals surface area contributed by atoms with Gasteiger partial charge in [-0.1, -0.05) is 0 Å². The molecule has 9 nitrogen and oxygen atoms in total. The summed E-state index contributed by atoms with van der Waals surface area (Å²) in [6, 6.07) is 5.46. The summed E-state index contributed by atoms with van der Waals surface area (Å²) in [5.41, 5.74) is 0.908. The van der Waals surface area contributed by atoms with Crippen LogP contribution < -0.4 is 19.7 Å². The third-order valence-corrected chi connectivity index (χ3v) is 6.27. The Labute approximate surface area is 202 Å². The van der Waals surface area contributed by atoms with Crippen LogP contribution >= 0.6 is 0 Å². The average molecular weight is 478 g/mol. The number of nitrogens with zero attached hydrogens (tertiary/aromatic N) is 2. The summed E-state index contributed by atoms with van der Waals surface area (Å²) in [5.74, 6) is 1.01. The molecule has 0 aliphatic carbocycles. The number of benzene rings is 1. The average Bonchev–Trinajstić information content (AvgIpc) is 2.86. The normalized spacial score (nSPS) is 17.3. The molecule has 0 unspecified atom stereocenters. The van der Waals surface area contributed by atoms with Crippen LogP contribution in [-0.4, -0.2) is 89.1 Å². The zero-order chi connectivity index (χ0) is 24.2. The van der Waals surface area contributed by atoms with Crippen molar-refractivity contribution in [3.05, 3.63) is 18.2 Å². The standard InChI is InChI=1S/C25H39N3O6/c1-3-31-24(29)18-33-21-5-6-22(23(17-21)34-19-25(30)32-4-2)28-15-13-27(14-16-28)12-9-20-7-10-26-11-8-20/h5-6,17,20,26H,3-4,7-16,18-19H2,1-2H3. The molecule has 1 N–H and O–H groups in total. The van der Waals surface area contributed by atoms with Crippen LogP contribution in [0.25, 0.3) is 0 Å².